The van der Waals surface area contributed by atoms with Crippen LogP contribution in [0.25, 0.3) is 10.8 Å². The molecule has 0 aliphatic rings. The minimum atomic E-state index is -1.41. The first-order chi connectivity index (χ1) is 7.99. The Hall–Kier alpha value is -2.70. The topological polar surface area (TPSA) is 111 Å². The highest BCUT2D eigenvalue weighted by molar-refractivity contribution is 5.91. The summed E-state index contributed by atoms with van der Waals surface area (Å²) >= 11 is 0. The number of rotatable bonds is 2. The third-order valence-electron chi connectivity index (χ3n) is 2.17. The first-order valence-corrected chi connectivity index (χ1v) is 4.44. The SMILES string of the molecule is O=C(O)c1cc2cc([N+](=O)[O-])ccc2c(=O)o1. The number of benzene rings is 1. The second-order valence-corrected chi connectivity index (χ2v) is 3.23. The van der Waals surface area contributed by atoms with Gasteiger partial charge in [-0.1, -0.05) is 0 Å². The summed E-state index contributed by atoms with van der Waals surface area (Å²) in [6.07, 6.45) is 0. The van der Waals surface area contributed by atoms with E-state index in [-0.39, 0.29) is 16.5 Å². The monoisotopic (exact) mass is 235 g/mol. The quantitative estimate of drug-likeness (QED) is 0.622. The van der Waals surface area contributed by atoms with Crippen LogP contribution in [0.5, 0.6) is 0 Å². The van der Waals surface area contributed by atoms with Gasteiger partial charge in [-0.25, -0.2) is 9.59 Å². The highest BCUT2D eigenvalue weighted by Crippen LogP contribution is 2.19. The predicted molar refractivity (Wildman–Crippen MR) is 56.1 cm³/mol. The normalized spacial score (nSPS) is 10.4. The van der Waals surface area contributed by atoms with Gasteiger partial charge in [-0.2, -0.15) is 0 Å². The number of nitrogens with zero attached hydrogens (tertiary/aromatic N) is 1. The minimum absolute atomic E-state index is 0.0978. The number of carboxylic acids is 1. The third kappa shape index (κ3) is 1.85. The van der Waals surface area contributed by atoms with E-state index in [1.165, 1.54) is 6.07 Å². The molecule has 0 aliphatic heterocycles. The van der Waals surface area contributed by atoms with Crippen molar-refractivity contribution in [3.63, 3.8) is 0 Å². The molecule has 0 saturated heterocycles. The van der Waals surface area contributed by atoms with Gasteiger partial charge >= 0.3 is 11.6 Å². The lowest BCUT2D eigenvalue weighted by atomic mass is 10.1. The van der Waals surface area contributed by atoms with Crippen LogP contribution in [0.15, 0.2) is 33.5 Å². The Bertz CT molecular complexity index is 681. The molecule has 17 heavy (non-hydrogen) atoms. The smallest absolute Gasteiger partial charge is 0.371 e. The number of carboxylic acid groups (broad SMARTS) is 1. The number of nitro benzene ring substituents is 1. The predicted octanol–water partition coefficient (Wildman–Crippen LogP) is 1.40. The second-order valence-electron chi connectivity index (χ2n) is 3.23. The van der Waals surface area contributed by atoms with E-state index < -0.39 is 22.3 Å². The number of hydrogen-bond acceptors (Lipinski definition) is 5. The van der Waals surface area contributed by atoms with Gasteiger partial charge in [0.15, 0.2) is 0 Å². The molecule has 0 radical (unpaired) electrons. The van der Waals surface area contributed by atoms with Crippen LogP contribution in [0.3, 0.4) is 0 Å². The van der Waals surface area contributed by atoms with Gasteiger partial charge in [-0.3, -0.25) is 10.1 Å². The van der Waals surface area contributed by atoms with E-state index in [0.29, 0.717) is 0 Å². The Kier molecular flexibility index (Phi) is 2.36. The molecule has 0 atom stereocenters. The molecule has 0 saturated carbocycles. The molecule has 0 bridgehead atoms. The Labute approximate surface area is 93.1 Å². The van der Waals surface area contributed by atoms with Crippen molar-refractivity contribution < 1.29 is 19.2 Å². The molecule has 0 fully saturated rings. The molecule has 1 aromatic carbocycles. The summed E-state index contributed by atoms with van der Waals surface area (Å²) in [4.78, 5) is 31.9. The van der Waals surface area contributed by atoms with Gasteiger partial charge in [0.2, 0.25) is 5.76 Å². The number of non-ortho nitro benzene ring substituents is 1. The fourth-order valence-electron chi connectivity index (χ4n) is 1.40. The molecule has 0 aliphatic carbocycles. The molecular formula is C10H5NO6. The van der Waals surface area contributed by atoms with Gasteiger partial charge in [0, 0.05) is 12.1 Å². The average Bonchev–Trinajstić information content (AvgIpc) is 2.27. The van der Waals surface area contributed by atoms with E-state index >= 15 is 0 Å². The summed E-state index contributed by atoms with van der Waals surface area (Å²) < 4.78 is 4.53. The maximum absolute atomic E-state index is 11.4. The highest BCUT2D eigenvalue weighted by Gasteiger charge is 2.13. The van der Waals surface area contributed by atoms with Crippen molar-refractivity contribution in [3.8, 4) is 0 Å². The van der Waals surface area contributed by atoms with Gasteiger partial charge < -0.3 is 9.52 Å². The Morgan fingerprint density at radius 2 is 2.06 bits per heavy atom. The molecule has 86 valence electrons. The van der Waals surface area contributed by atoms with Crippen LogP contribution in [0, 0.1) is 10.1 Å². The summed E-state index contributed by atoms with van der Waals surface area (Å²) in [5.74, 6) is -1.96. The Morgan fingerprint density at radius 1 is 1.35 bits per heavy atom. The zero-order valence-corrected chi connectivity index (χ0v) is 8.25. The minimum Gasteiger partial charge on any atom is -0.475 e. The molecule has 2 aromatic rings. The standard InChI is InChI=1S/C10H5NO6/c12-9(13)8-4-5-3-6(11(15)16)1-2-7(5)10(14)17-8/h1-4H,(H,12,13). The number of fused-ring (bicyclic) bond motifs is 1. The van der Waals surface area contributed by atoms with Crippen molar-refractivity contribution in [2.24, 2.45) is 0 Å². The van der Waals surface area contributed by atoms with Crippen LogP contribution in [-0.2, 0) is 0 Å². The summed E-state index contributed by atoms with van der Waals surface area (Å²) in [6.45, 7) is 0. The van der Waals surface area contributed by atoms with Crippen molar-refractivity contribution >= 4 is 22.4 Å². The van der Waals surface area contributed by atoms with Crippen molar-refractivity contribution in [2.75, 3.05) is 0 Å². The van der Waals surface area contributed by atoms with Crippen LogP contribution in [0.4, 0.5) is 5.69 Å². The van der Waals surface area contributed by atoms with E-state index in [1.807, 2.05) is 0 Å². The molecule has 0 unspecified atom stereocenters. The zero-order chi connectivity index (χ0) is 12.6. The average molecular weight is 235 g/mol. The molecule has 1 heterocycles. The molecule has 7 nitrogen and oxygen atoms in total. The first-order valence-electron chi connectivity index (χ1n) is 4.44. The lowest BCUT2D eigenvalue weighted by Gasteiger charge is -1.98. The molecule has 0 amide bonds. The molecule has 0 spiro atoms. The maximum atomic E-state index is 11.4. The van der Waals surface area contributed by atoms with Gasteiger partial charge in [0.05, 0.1) is 10.3 Å². The summed E-state index contributed by atoms with van der Waals surface area (Å²) in [5, 5.41) is 19.5. The highest BCUT2D eigenvalue weighted by atomic mass is 16.6. The lowest BCUT2D eigenvalue weighted by molar-refractivity contribution is -0.384. The maximum Gasteiger partial charge on any atom is 0.371 e. The molecule has 1 aromatic heterocycles. The molecule has 1 N–H and O–H groups in total. The van der Waals surface area contributed by atoms with Gasteiger partial charge in [0.25, 0.3) is 5.69 Å². The van der Waals surface area contributed by atoms with Crippen LogP contribution in [0.1, 0.15) is 10.6 Å². The lowest BCUT2D eigenvalue weighted by Crippen LogP contribution is -2.06. The molecular weight excluding hydrogens is 230 g/mol. The number of nitro groups is 1. The van der Waals surface area contributed by atoms with Crippen LogP contribution in [-0.4, -0.2) is 16.0 Å². The Balaban J connectivity index is 2.79. The summed E-state index contributed by atoms with van der Waals surface area (Å²) in [7, 11) is 0. The largest absolute Gasteiger partial charge is 0.475 e. The summed E-state index contributed by atoms with van der Waals surface area (Å²) in [5.41, 5.74) is -1.06. The zero-order valence-electron chi connectivity index (χ0n) is 8.25. The van der Waals surface area contributed by atoms with E-state index in [2.05, 4.69) is 4.42 Å². The van der Waals surface area contributed by atoms with Crippen LogP contribution >= 0.6 is 0 Å². The van der Waals surface area contributed by atoms with Gasteiger partial charge in [0.1, 0.15) is 0 Å². The van der Waals surface area contributed by atoms with E-state index in [0.717, 1.165) is 18.2 Å². The van der Waals surface area contributed by atoms with Gasteiger partial charge in [-0.15, -0.1) is 0 Å². The van der Waals surface area contributed by atoms with Crippen LogP contribution in [0.2, 0.25) is 0 Å². The van der Waals surface area contributed by atoms with E-state index in [4.69, 9.17) is 5.11 Å². The number of aromatic carboxylic acids is 1. The fourth-order valence-corrected chi connectivity index (χ4v) is 1.40. The van der Waals surface area contributed by atoms with Gasteiger partial charge in [-0.05, 0) is 17.5 Å². The number of carbonyl (C=O) groups is 1. The van der Waals surface area contributed by atoms with E-state index in [9.17, 15) is 19.7 Å². The molecule has 7 heteroatoms. The van der Waals surface area contributed by atoms with Crippen molar-refractivity contribution in [1.82, 2.24) is 0 Å². The number of hydrogen-bond donors (Lipinski definition) is 1. The first kappa shape index (κ1) is 10.8. The van der Waals surface area contributed by atoms with Crippen LogP contribution < -0.4 is 5.63 Å². The fraction of sp³-hybridized carbons (Fsp3) is 0. The van der Waals surface area contributed by atoms with E-state index in [1.54, 1.807) is 0 Å². The third-order valence-corrected chi connectivity index (χ3v) is 2.17. The van der Waals surface area contributed by atoms with Crippen molar-refractivity contribution in [3.05, 3.63) is 50.6 Å². The van der Waals surface area contributed by atoms with Crippen molar-refractivity contribution in [2.45, 2.75) is 0 Å². The molecule has 2 rings (SSSR count). The second kappa shape index (κ2) is 3.71. The Morgan fingerprint density at radius 3 is 2.65 bits per heavy atom. The summed E-state index contributed by atoms with van der Waals surface area (Å²) in [6, 6.07) is 4.58. The van der Waals surface area contributed by atoms with Crippen molar-refractivity contribution in [1.29, 1.82) is 0 Å².